The maximum absolute atomic E-state index is 12.7. The first-order chi connectivity index (χ1) is 5.57. The average Bonchev–Trinajstić information content (AvgIpc) is 2.08. The van der Waals surface area contributed by atoms with Crippen LogP contribution >= 0.6 is 15.9 Å². The molecule has 0 heterocycles. The molecule has 0 spiro atoms. The maximum atomic E-state index is 12.7. The van der Waals surface area contributed by atoms with Gasteiger partial charge in [-0.2, -0.15) is 0 Å². The van der Waals surface area contributed by atoms with E-state index in [0.29, 0.717) is 0 Å². The van der Waals surface area contributed by atoms with E-state index in [1.807, 2.05) is 0 Å². The molecular formula is C8H4BrF3. The molecule has 64 valence electrons. The Kier molecular flexibility index (Phi) is 2.57. The smallest absolute Gasteiger partial charge is 0.195 e. The van der Waals surface area contributed by atoms with Crippen LogP contribution in [0.3, 0.4) is 0 Å². The Labute approximate surface area is 75.8 Å². The van der Waals surface area contributed by atoms with Gasteiger partial charge in [0.05, 0.1) is 4.47 Å². The van der Waals surface area contributed by atoms with Gasteiger partial charge in [0, 0.05) is 0 Å². The highest BCUT2D eigenvalue weighted by Crippen LogP contribution is 2.25. The summed E-state index contributed by atoms with van der Waals surface area (Å²) in [6.07, 6.45) is 1.23. The quantitative estimate of drug-likeness (QED) is 0.517. The van der Waals surface area contributed by atoms with Crippen LogP contribution in [0.25, 0.3) is 6.08 Å². The Hall–Kier alpha value is -0.770. The molecule has 0 saturated carbocycles. The minimum atomic E-state index is -1.48. The van der Waals surface area contributed by atoms with Gasteiger partial charge in [-0.15, -0.1) is 0 Å². The topological polar surface area (TPSA) is 0 Å². The highest BCUT2D eigenvalue weighted by molar-refractivity contribution is 9.10. The van der Waals surface area contributed by atoms with E-state index in [4.69, 9.17) is 0 Å². The minimum absolute atomic E-state index is 0.114. The molecule has 0 N–H and O–H groups in total. The summed E-state index contributed by atoms with van der Waals surface area (Å²) in [5.41, 5.74) is 0.186. The van der Waals surface area contributed by atoms with Gasteiger partial charge in [-0.05, 0) is 27.6 Å². The fraction of sp³-hybridized carbons (Fsp3) is 0. The molecule has 0 amide bonds. The Bertz CT molecular complexity index is 334. The van der Waals surface area contributed by atoms with Crippen molar-refractivity contribution in [1.29, 1.82) is 0 Å². The Morgan fingerprint density at radius 1 is 1.25 bits per heavy atom. The average molecular weight is 237 g/mol. The Morgan fingerprint density at radius 2 is 1.83 bits per heavy atom. The van der Waals surface area contributed by atoms with Crippen LogP contribution in [0.1, 0.15) is 5.56 Å². The second-order valence-electron chi connectivity index (χ2n) is 2.09. The minimum Gasteiger partial charge on any atom is -0.204 e. The number of hydrogen-bond acceptors (Lipinski definition) is 0. The summed E-state index contributed by atoms with van der Waals surface area (Å²) in [7, 11) is 0. The Morgan fingerprint density at radius 3 is 2.33 bits per heavy atom. The summed E-state index contributed by atoms with van der Waals surface area (Å²) in [6, 6.07) is 0.871. The molecule has 0 aliphatic rings. The van der Waals surface area contributed by atoms with E-state index in [1.165, 1.54) is 6.08 Å². The van der Waals surface area contributed by atoms with Crippen LogP contribution in [-0.2, 0) is 0 Å². The fourth-order valence-electron chi connectivity index (χ4n) is 0.740. The van der Waals surface area contributed by atoms with Gasteiger partial charge in [0.2, 0.25) is 0 Å². The van der Waals surface area contributed by atoms with E-state index in [1.54, 1.807) is 0 Å². The first-order valence-corrected chi connectivity index (χ1v) is 3.82. The molecule has 1 aromatic rings. The molecule has 1 rings (SSSR count). The van der Waals surface area contributed by atoms with Crippen molar-refractivity contribution < 1.29 is 13.2 Å². The van der Waals surface area contributed by atoms with Gasteiger partial charge >= 0.3 is 0 Å². The van der Waals surface area contributed by atoms with Crippen molar-refractivity contribution in [1.82, 2.24) is 0 Å². The van der Waals surface area contributed by atoms with Gasteiger partial charge in [0.25, 0.3) is 0 Å². The predicted octanol–water partition coefficient (Wildman–Crippen LogP) is 3.51. The number of halogens is 4. The molecule has 0 aromatic heterocycles. The van der Waals surface area contributed by atoms with Gasteiger partial charge in [-0.1, -0.05) is 12.7 Å². The van der Waals surface area contributed by atoms with Crippen molar-refractivity contribution in [3.63, 3.8) is 0 Å². The third-order valence-corrected chi connectivity index (χ3v) is 2.16. The molecule has 0 aliphatic carbocycles. The summed E-state index contributed by atoms with van der Waals surface area (Å²) in [4.78, 5) is 0. The van der Waals surface area contributed by atoms with E-state index in [2.05, 4.69) is 22.5 Å². The fourth-order valence-corrected chi connectivity index (χ4v) is 1.19. The molecule has 0 fully saturated rings. The number of hydrogen-bond donors (Lipinski definition) is 0. The largest absolute Gasteiger partial charge is 0.204 e. The van der Waals surface area contributed by atoms with Crippen LogP contribution in [0.5, 0.6) is 0 Å². The summed E-state index contributed by atoms with van der Waals surface area (Å²) in [6.45, 7) is 3.32. The van der Waals surface area contributed by atoms with Crippen molar-refractivity contribution in [3.8, 4) is 0 Å². The van der Waals surface area contributed by atoms with Gasteiger partial charge in [-0.25, -0.2) is 13.2 Å². The first kappa shape index (κ1) is 9.32. The second-order valence-corrected chi connectivity index (χ2v) is 2.89. The van der Waals surface area contributed by atoms with E-state index >= 15 is 0 Å². The first-order valence-electron chi connectivity index (χ1n) is 3.03. The summed E-state index contributed by atoms with van der Waals surface area (Å²) in [5.74, 6) is -3.93. The number of rotatable bonds is 1. The lowest BCUT2D eigenvalue weighted by molar-refractivity contribution is 0.444. The molecule has 1 aromatic carbocycles. The zero-order valence-corrected chi connectivity index (χ0v) is 7.46. The van der Waals surface area contributed by atoms with Gasteiger partial charge in [0.15, 0.2) is 17.5 Å². The SMILES string of the molecule is C=Cc1cc(F)c(F)c(F)c1Br. The molecular weight excluding hydrogens is 233 g/mol. The van der Waals surface area contributed by atoms with Crippen molar-refractivity contribution in [2.24, 2.45) is 0 Å². The lowest BCUT2D eigenvalue weighted by Gasteiger charge is -2.01. The van der Waals surface area contributed by atoms with E-state index in [0.717, 1.165) is 6.07 Å². The van der Waals surface area contributed by atoms with Gasteiger partial charge in [0.1, 0.15) is 0 Å². The summed E-state index contributed by atoms with van der Waals surface area (Å²) in [5, 5.41) is 0. The predicted molar refractivity (Wildman–Crippen MR) is 44.1 cm³/mol. The molecule has 0 unspecified atom stereocenters. The number of benzene rings is 1. The molecule has 0 aliphatic heterocycles. The molecule has 4 heteroatoms. The monoisotopic (exact) mass is 236 g/mol. The van der Waals surface area contributed by atoms with Crippen LogP contribution in [0.15, 0.2) is 17.1 Å². The van der Waals surface area contributed by atoms with Gasteiger partial charge in [-0.3, -0.25) is 0 Å². The molecule has 0 bridgehead atoms. The molecule has 0 nitrogen and oxygen atoms in total. The molecule has 0 atom stereocenters. The zero-order valence-electron chi connectivity index (χ0n) is 5.87. The Balaban J connectivity index is 3.49. The molecule has 0 radical (unpaired) electrons. The van der Waals surface area contributed by atoms with E-state index in [9.17, 15) is 13.2 Å². The van der Waals surface area contributed by atoms with Crippen molar-refractivity contribution in [2.45, 2.75) is 0 Å². The van der Waals surface area contributed by atoms with Crippen LogP contribution in [0.4, 0.5) is 13.2 Å². The van der Waals surface area contributed by atoms with Crippen molar-refractivity contribution in [2.75, 3.05) is 0 Å². The maximum Gasteiger partial charge on any atom is 0.195 e. The second kappa shape index (κ2) is 3.31. The highest BCUT2D eigenvalue weighted by Gasteiger charge is 2.14. The lowest BCUT2D eigenvalue weighted by atomic mass is 10.2. The standard InChI is InChI=1S/C8H4BrF3/c1-2-4-3-5(10)7(11)8(12)6(4)9/h2-3H,1H2. The zero-order chi connectivity index (χ0) is 9.30. The van der Waals surface area contributed by atoms with Crippen molar-refractivity contribution in [3.05, 3.63) is 40.1 Å². The van der Waals surface area contributed by atoms with Crippen LogP contribution in [0.2, 0.25) is 0 Å². The van der Waals surface area contributed by atoms with Crippen molar-refractivity contribution >= 4 is 22.0 Å². The van der Waals surface area contributed by atoms with Crippen LogP contribution in [-0.4, -0.2) is 0 Å². The third-order valence-electron chi connectivity index (χ3n) is 1.35. The molecule has 12 heavy (non-hydrogen) atoms. The summed E-state index contributed by atoms with van der Waals surface area (Å²) >= 11 is 2.77. The summed E-state index contributed by atoms with van der Waals surface area (Å²) < 4.78 is 37.6. The van der Waals surface area contributed by atoms with Crippen LogP contribution in [0, 0.1) is 17.5 Å². The van der Waals surface area contributed by atoms with Crippen LogP contribution < -0.4 is 0 Å². The normalized spacial score (nSPS) is 10.0. The highest BCUT2D eigenvalue weighted by atomic mass is 79.9. The van der Waals surface area contributed by atoms with E-state index < -0.39 is 17.5 Å². The lowest BCUT2D eigenvalue weighted by Crippen LogP contribution is -1.93. The third kappa shape index (κ3) is 1.39. The molecule has 0 saturated heterocycles. The van der Waals surface area contributed by atoms with Gasteiger partial charge < -0.3 is 0 Å². The van der Waals surface area contributed by atoms with E-state index in [-0.39, 0.29) is 10.0 Å².